The summed E-state index contributed by atoms with van der Waals surface area (Å²) in [4.78, 5) is 12.2. The fourth-order valence-electron chi connectivity index (χ4n) is 2.72. The Hall–Kier alpha value is -1.75. The molecule has 2 heterocycles. The van der Waals surface area contributed by atoms with Crippen LogP contribution in [0.15, 0.2) is 18.2 Å². The van der Waals surface area contributed by atoms with Crippen molar-refractivity contribution in [2.75, 3.05) is 13.4 Å². The lowest BCUT2D eigenvalue weighted by Crippen LogP contribution is -2.33. The first-order valence-corrected chi connectivity index (χ1v) is 7.54. The summed E-state index contributed by atoms with van der Waals surface area (Å²) in [5, 5.41) is 3.02. The molecule has 0 aliphatic carbocycles. The zero-order valence-electron chi connectivity index (χ0n) is 12.3. The van der Waals surface area contributed by atoms with Crippen LogP contribution in [-0.4, -0.2) is 31.5 Å². The predicted molar refractivity (Wildman–Crippen MR) is 77.7 cm³/mol. The zero-order valence-corrected chi connectivity index (χ0v) is 12.3. The van der Waals surface area contributed by atoms with Gasteiger partial charge in [-0.25, -0.2) is 0 Å². The van der Waals surface area contributed by atoms with Gasteiger partial charge in [-0.05, 0) is 50.8 Å². The van der Waals surface area contributed by atoms with E-state index in [-0.39, 0.29) is 18.7 Å². The molecular formula is C16H21NO4. The molecule has 2 aliphatic heterocycles. The second-order valence-electron chi connectivity index (χ2n) is 5.65. The van der Waals surface area contributed by atoms with E-state index in [0.29, 0.717) is 23.2 Å². The first-order chi connectivity index (χ1) is 10.2. The number of carbonyl (C=O) groups excluding carboxylic acids is 1. The van der Waals surface area contributed by atoms with E-state index in [4.69, 9.17) is 14.2 Å². The summed E-state index contributed by atoms with van der Waals surface area (Å²) >= 11 is 0. The van der Waals surface area contributed by atoms with Crippen molar-refractivity contribution >= 4 is 5.91 Å². The molecule has 0 bridgehead atoms. The van der Waals surface area contributed by atoms with Crippen LogP contribution < -0.4 is 14.8 Å². The van der Waals surface area contributed by atoms with Crippen LogP contribution in [0.4, 0.5) is 0 Å². The predicted octanol–water partition coefficient (Wildman–Crippen LogP) is 2.49. The largest absolute Gasteiger partial charge is 0.454 e. The van der Waals surface area contributed by atoms with Crippen molar-refractivity contribution < 1.29 is 19.0 Å². The maximum absolute atomic E-state index is 12.2. The van der Waals surface area contributed by atoms with Gasteiger partial charge >= 0.3 is 0 Å². The monoisotopic (exact) mass is 291 g/mol. The molecule has 5 nitrogen and oxygen atoms in total. The van der Waals surface area contributed by atoms with Crippen LogP contribution in [0, 0.1) is 0 Å². The molecule has 5 heteroatoms. The summed E-state index contributed by atoms with van der Waals surface area (Å²) < 4.78 is 16.1. The Bertz CT molecular complexity index is 511. The molecule has 2 unspecified atom stereocenters. The number of ether oxygens (including phenoxy) is 3. The normalized spacial score (nSPS) is 21.3. The summed E-state index contributed by atoms with van der Waals surface area (Å²) in [7, 11) is 0. The number of nitrogens with one attached hydrogen (secondary N) is 1. The lowest BCUT2D eigenvalue weighted by molar-refractivity contribution is 0.0899. The highest BCUT2D eigenvalue weighted by atomic mass is 16.7. The van der Waals surface area contributed by atoms with E-state index in [9.17, 15) is 4.79 Å². The summed E-state index contributed by atoms with van der Waals surface area (Å²) in [6.07, 6.45) is 4.60. The minimum atomic E-state index is -0.0758. The smallest absolute Gasteiger partial charge is 0.251 e. The third-order valence-electron chi connectivity index (χ3n) is 3.96. The second kappa shape index (κ2) is 6.35. The van der Waals surface area contributed by atoms with Crippen LogP contribution in [0.5, 0.6) is 11.5 Å². The van der Waals surface area contributed by atoms with Gasteiger partial charge in [-0.2, -0.15) is 0 Å². The standard InChI is InChI=1S/C16H21NO4/c1-11(4-6-13-3-2-8-19-13)17-16(18)12-5-7-14-15(9-12)21-10-20-14/h5,7,9,11,13H,2-4,6,8,10H2,1H3,(H,17,18). The van der Waals surface area contributed by atoms with Crippen LogP contribution in [0.25, 0.3) is 0 Å². The average Bonchev–Trinajstić information content (AvgIpc) is 3.15. The van der Waals surface area contributed by atoms with E-state index in [0.717, 1.165) is 32.3 Å². The molecule has 0 saturated carbocycles. The van der Waals surface area contributed by atoms with Crippen LogP contribution >= 0.6 is 0 Å². The molecule has 1 fully saturated rings. The minimum Gasteiger partial charge on any atom is -0.454 e. The molecule has 0 spiro atoms. The second-order valence-corrected chi connectivity index (χ2v) is 5.65. The molecule has 1 aromatic carbocycles. The average molecular weight is 291 g/mol. The van der Waals surface area contributed by atoms with Gasteiger partial charge in [0.25, 0.3) is 5.91 Å². The molecule has 2 aliphatic rings. The van der Waals surface area contributed by atoms with E-state index >= 15 is 0 Å². The van der Waals surface area contributed by atoms with Crippen molar-refractivity contribution in [3.63, 3.8) is 0 Å². The molecule has 1 aromatic rings. The van der Waals surface area contributed by atoms with Crippen LogP contribution in [-0.2, 0) is 4.74 Å². The first kappa shape index (κ1) is 14.2. The maximum atomic E-state index is 12.2. The highest BCUT2D eigenvalue weighted by Crippen LogP contribution is 2.32. The van der Waals surface area contributed by atoms with Crippen molar-refractivity contribution in [1.82, 2.24) is 5.32 Å². The van der Waals surface area contributed by atoms with Gasteiger partial charge in [0, 0.05) is 18.2 Å². The Morgan fingerprint density at radius 1 is 1.38 bits per heavy atom. The van der Waals surface area contributed by atoms with Crippen molar-refractivity contribution in [3.05, 3.63) is 23.8 Å². The van der Waals surface area contributed by atoms with Crippen LogP contribution in [0.3, 0.4) is 0 Å². The fraction of sp³-hybridized carbons (Fsp3) is 0.562. The lowest BCUT2D eigenvalue weighted by atomic mass is 10.1. The molecule has 1 amide bonds. The summed E-state index contributed by atoms with van der Waals surface area (Å²) in [5.41, 5.74) is 0.600. The van der Waals surface area contributed by atoms with E-state index < -0.39 is 0 Å². The highest BCUT2D eigenvalue weighted by molar-refractivity contribution is 5.95. The Kier molecular flexibility index (Phi) is 4.29. The van der Waals surface area contributed by atoms with E-state index in [1.54, 1.807) is 18.2 Å². The fourth-order valence-corrected chi connectivity index (χ4v) is 2.72. The van der Waals surface area contributed by atoms with Crippen molar-refractivity contribution in [2.24, 2.45) is 0 Å². The zero-order chi connectivity index (χ0) is 14.7. The van der Waals surface area contributed by atoms with E-state index in [1.165, 1.54) is 0 Å². The summed E-state index contributed by atoms with van der Waals surface area (Å²) in [5.74, 6) is 1.25. The molecule has 21 heavy (non-hydrogen) atoms. The Balaban J connectivity index is 1.50. The molecule has 1 N–H and O–H groups in total. The number of hydrogen-bond donors (Lipinski definition) is 1. The number of amides is 1. The van der Waals surface area contributed by atoms with E-state index in [1.807, 2.05) is 6.92 Å². The Morgan fingerprint density at radius 2 is 2.24 bits per heavy atom. The van der Waals surface area contributed by atoms with Gasteiger partial charge < -0.3 is 19.5 Å². The van der Waals surface area contributed by atoms with Crippen LogP contribution in [0.2, 0.25) is 0 Å². The van der Waals surface area contributed by atoms with Gasteiger partial charge in [-0.3, -0.25) is 4.79 Å². The third-order valence-corrected chi connectivity index (χ3v) is 3.96. The topological polar surface area (TPSA) is 56.8 Å². The number of hydrogen-bond acceptors (Lipinski definition) is 4. The van der Waals surface area contributed by atoms with Crippen molar-refractivity contribution in [1.29, 1.82) is 0 Å². The number of rotatable bonds is 5. The van der Waals surface area contributed by atoms with Crippen LogP contribution in [0.1, 0.15) is 43.0 Å². The lowest BCUT2D eigenvalue weighted by Gasteiger charge is -2.16. The Labute approximate surface area is 124 Å². The number of benzene rings is 1. The van der Waals surface area contributed by atoms with E-state index in [2.05, 4.69) is 5.32 Å². The molecule has 0 aromatic heterocycles. The van der Waals surface area contributed by atoms with Crippen molar-refractivity contribution in [2.45, 2.75) is 44.8 Å². The summed E-state index contributed by atoms with van der Waals surface area (Å²) in [6.45, 7) is 3.13. The van der Waals surface area contributed by atoms with Gasteiger partial charge in [0.1, 0.15) is 0 Å². The van der Waals surface area contributed by atoms with Crippen molar-refractivity contribution in [3.8, 4) is 11.5 Å². The third kappa shape index (κ3) is 3.47. The van der Waals surface area contributed by atoms with Gasteiger partial charge in [0.05, 0.1) is 6.10 Å². The maximum Gasteiger partial charge on any atom is 0.251 e. The van der Waals surface area contributed by atoms with Gasteiger partial charge in [0.2, 0.25) is 6.79 Å². The first-order valence-electron chi connectivity index (χ1n) is 7.54. The molecule has 114 valence electrons. The molecule has 0 radical (unpaired) electrons. The van der Waals surface area contributed by atoms with Gasteiger partial charge in [-0.1, -0.05) is 0 Å². The molecule has 1 saturated heterocycles. The van der Waals surface area contributed by atoms with Gasteiger partial charge in [-0.15, -0.1) is 0 Å². The highest BCUT2D eigenvalue weighted by Gasteiger charge is 2.19. The number of fused-ring (bicyclic) bond motifs is 1. The minimum absolute atomic E-state index is 0.0758. The number of carbonyl (C=O) groups is 1. The summed E-state index contributed by atoms with van der Waals surface area (Å²) in [6, 6.07) is 5.39. The molecular weight excluding hydrogens is 270 g/mol. The SMILES string of the molecule is CC(CCC1CCCO1)NC(=O)c1ccc2c(c1)OCO2. The molecule has 3 rings (SSSR count). The quantitative estimate of drug-likeness (QED) is 0.905. The van der Waals surface area contributed by atoms with Gasteiger partial charge in [0.15, 0.2) is 11.5 Å². The molecule has 2 atom stereocenters. The Morgan fingerprint density at radius 3 is 3.05 bits per heavy atom.